The molecule has 28 heavy (non-hydrogen) atoms. The minimum atomic E-state index is 0. The minimum absolute atomic E-state index is 0. The highest BCUT2D eigenvalue weighted by atomic mass is 127. The van der Waals surface area contributed by atoms with Crippen LogP contribution in [0.1, 0.15) is 38.0 Å². The van der Waals surface area contributed by atoms with Gasteiger partial charge in [-0.1, -0.05) is 0 Å². The summed E-state index contributed by atoms with van der Waals surface area (Å²) < 4.78 is 16.6. The molecule has 1 N–H and O–H groups in total. The lowest BCUT2D eigenvalue weighted by molar-refractivity contribution is 0.00989. The van der Waals surface area contributed by atoms with E-state index in [1.807, 2.05) is 12.1 Å². The summed E-state index contributed by atoms with van der Waals surface area (Å²) in [6, 6.07) is 4.08. The number of hydrogen-bond acceptors (Lipinski definition) is 5. The molecule has 162 valence electrons. The lowest BCUT2D eigenvalue weighted by Gasteiger charge is -2.34. The molecule has 8 heteroatoms. The molecule has 1 atom stereocenters. The monoisotopic (exact) mass is 508 g/mol. The maximum Gasteiger partial charge on any atom is 0.193 e. The van der Waals surface area contributed by atoms with E-state index in [2.05, 4.69) is 36.1 Å². The van der Waals surface area contributed by atoms with Gasteiger partial charge >= 0.3 is 0 Å². The van der Waals surface area contributed by atoms with Gasteiger partial charge in [0.2, 0.25) is 0 Å². The van der Waals surface area contributed by atoms with Gasteiger partial charge in [-0.2, -0.15) is 0 Å². The van der Waals surface area contributed by atoms with Crippen molar-refractivity contribution in [2.45, 2.75) is 38.3 Å². The van der Waals surface area contributed by atoms with Crippen molar-refractivity contribution in [2.24, 2.45) is 4.99 Å². The number of furan rings is 1. The first-order valence-corrected chi connectivity index (χ1v) is 9.99. The van der Waals surface area contributed by atoms with E-state index < -0.39 is 0 Å². The van der Waals surface area contributed by atoms with Crippen molar-refractivity contribution < 1.29 is 13.9 Å². The number of hydrogen-bond donors (Lipinski definition) is 1. The number of guanidine groups is 1. The van der Waals surface area contributed by atoms with Gasteiger partial charge in [0.1, 0.15) is 5.76 Å². The second kappa shape index (κ2) is 14.2. The zero-order chi connectivity index (χ0) is 19.5. The molecule has 1 saturated heterocycles. The molecule has 0 spiro atoms. The molecule has 1 aliphatic heterocycles. The average Bonchev–Trinajstić information content (AvgIpc) is 3.19. The summed E-state index contributed by atoms with van der Waals surface area (Å²) in [7, 11) is 5.84. The normalized spacial score (nSPS) is 16.9. The van der Waals surface area contributed by atoms with Crippen molar-refractivity contribution in [3.05, 3.63) is 24.2 Å². The molecular weight excluding hydrogens is 471 g/mol. The number of aliphatic imine (C=N–C) groups is 1. The molecule has 7 nitrogen and oxygen atoms in total. The third-order valence-electron chi connectivity index (χ3n) is 4.83. The molecule has 1 aromatic heterocycles. The predicted molar refractivity (Wildman–Crippen MR) is 124 cm³/mol. The van der Waals surface area contributed by atoms with Crippen molar-refractivity contribution >= 4 is 29.9 Å². The van der Waals surface area contributed by atoms with Gasteiger partial charge in [-0.3, -0.25) is 9.89 Å². The summed E-state index contributed by atoms with van der Waals surface area (Å²) in [4.78, 5) is 9.38. The summed E-state index contributed by atoms with van der Waals surface area (Å²) in [6.45, 7) is 7.11. The molecule has 2 rings (SSSR count). The Morgan fingerprint density at radius 1 is 1.36 bits per heavy atom. The number of nitrogens with zero attached hydrogens (tertiary/aromatic N) is 3. The maximum atomic E-state index is 5.97. The van der Waals surface area contributed by atoms with Crippen LogP contribution < -0.4 is 5.32 Å². The highest BCUT2D eigenvalue weighted by molar-refractivity contribution is 14.0. The van der Waals surface area contributed by atoms with Crippen LogP contribution in [-0.4, -0.2) is 82.5 Å². The Morgan fingerprint density at radius 3 is 2.68 bits per heavy atom. The lowest BCUT2D eigenvalue weighted by Crippen LogP contribution is -2.47. The fourth-order valence-electron chi connectivity index (χ4n) is 3.27. The van der Waals surface area contributed by atoms with Crippen LogP contribution in [0.2, 0.25) is 0 Å². The maximum absolute atomic E-state index is 5.97. The first kappa shape index (κ1) is 25.2. The van der Waals surface area contributed by atoms with Gasteiger partial charge in [-0.15, -0.1) is 24.0 Å². The highest BCUT2D eigenvalue weighted by Crippen LogP contribution is 2.20. The fourth-order valence-corrected chi connectivity index (χ4v) is 3.27. The summed E-state index contributed by atoms with van der Waals surface area (Å²) in [5.41, 5.74) is 0. The van der Waals surface area contributed by atoms with Gasteiger partial charge in [0.25, 0.3) is 0 Å². The summed E-state index contributed by atoms with van der Waals surface area (Å²) >= 11 is 0. The predicted octanol–water partition coefficient (Wildman–Crippen LogP) is 2.98. The Bertz CT molecular complexity index is 532. The molecule has 1 unspecified atom stereocenters. The smallest absolute Gasteiger partial charge is 0.193 e. The van der Waals surface area contributed by atoms with Crippen LogP contribution in [0, 0.1) is 0 Å². The van der Waals surface area contributed by atoms with Crippen molar-refractivity contribution in [3.8, 4) is 0 Å². The van der Waals surface area contributed by atoms with Crippen LogP contribution in [-0.2, 0) is 9.47 Å². The number of likely N-dealkylation sites (N-methyl/N-ethyl adjacent to an activating group) is 1. The van der Waals surface area contributed by atoms with Gasteiger partial charge in [0.05, 0.1) is 25.0 Å². The molecule has 0 bridgehead atoms. The van der Waals surface area contributed by atoms with E-state index in [0.717, 1.165) is 63.8 Å². The van der Waals surface area contributed by atoms with Crippen molar-refractivity contribution in [3.63, 3.8) is 0 Å². The van der Waals surface area contributed by atoms with Crippen molar-refractivity contribution in [1.82, 2.24) is 15.1 Å². The number of piperidine rings is 1. The topological polar surface area (TPSA) is 62.5 Å². The van der Waals surface area contributed by atoms with E-state index in [4.69, 9.17) is 18.9 Å². The molecule has 0 radical (unpaired) electrons. The largest absolute Gasteiger partial charge is 0.468 e. The Kier molecular flexibility index (Phi) is 12.8. The van der Waals surface area contributed by atoms with Gasteiger partial charge in [-0.25, -0.2) is 0 Å². The van der Waals surface area contributed by atoms with Crippen LogP contribution in [0.4, 0.5) is 0 Å². The average molecular weight is 508 g/mol. The summed E-state index contributed by atoms with van der Waals surface area (Å²) in [6.07, 6.45) is 5.09. The molecule has 0 saturated carbocycles. The third kappa shape index (κ3) is 8.26. The summed E-state index contributed by atoms with van der Waals surface area (Å²) in [5.74, 6) is 1.93. The van der Waals surface area contributed by atoms with Gasteiger partial charge in [0.15, 0.2) is 5.96 Å². The molecule has 1 aliphatic rings. The van der Waals surface area contributed by atoms with E-state index in [9.17, 15) is 0 Å². The number of ether oxygens (including phenoxy) is 2. The highest BCUT2D eigenvalue weighted by Gasteiger charge is 2.23. The molecule has 2 heterocycles. The van der Waals surface area contributed by atoms with Gasteiger partial charge < -0.3 is 24.1 Å². The van der Waals surface area contributed by atoms with Crippen LogP contribution in [0.5, 0.6) is 0 Å². The zero-order valence-corrected chi connectivity index (χ0v) is 20.1. The van der Waals surface area contributed by atoms with Crippen molar-refractivity contribution in [2.75, 3.05) is 60.6 Å². The van der Waals surface area contributed by atoms with Crippen LogP contribution in [0.25, 0.3) is 0 Å². The van der Waals surface area contributed by atoms with Crippen LogP contribution in [0.15, 0.2) is 27.8 Å². The quantitative estimate of drug-likeness (QED) is 0.227. The Morgan fingerprint density at radius 2 is 2.11 bits per heavy atom. The molecule has 0 aromatic carbocycles. The first-order valence-electron chi connectivity index (χ1n) is 9.99. The van der Waals surface area contributed by atoms with Crippen molar-refractivity contribution in [1.29, 1.82) is 0 Å². The Balaban J connectivity index is 0.00000392. The number of halogens is 1. The molecule has 1 fully saturated rings. The standard InChI is InChI=1S/C20H36N4O3.HI/c1-5-21-20(22-16-18(23(2)3)19-8-6-14-27-19)24-11-9-17(10-12-24)26-15-7-13-25-4;/h6,8,14,17-18H,5,7,9-13,15-16H2,1-4H3,(H,21,22);1H. The lowest BCUT2D eigenvalue weighted by atomic mass is 10.1. The zero-order valence-electron chi connectivity index (χ0n) is 17.7. The van der Waals surface area contributed by atoms with Crippen LogP contribution in [0.3, 0.4) is 0 Å². The Labute approximate surface area is 186 Å². The molecule has 0 amide bonds. The number of methoxy groups -OCH3 is 1. The van der Waals surface area contributed by atoms with E-state index in [0.29, 0.717) is 12.6 Å². The fraction of sp³-hybridized carbons (Fsp3) is 0.750. The van der Waals surface area contributed by atoms with E-state index in [1.54, 1.807) is 13.4 Å². The second-order valence-corrected chi connectivity index (χ2v) is 7.09. The summed E-state index contributed by atoms with van der Waals surface area (Å²) in [5, 5.41) is 3.44. The molecule has 1 aromatic rings. The second-order valence-electron chi connectivity index (χ2n) is 7.09. The van der Waals surface area contributed by atoms with E-state index in [-0.39, 0.29) is 30.0 Å². The van der Waals surface area contributed by atoms with Gasteiger partial charge in [-0.05, 0) is 52.4 Å². The van der Waals surface area contributed by atoms with E-state index >= 15 is 0 Å². The van der Waals surface area contributed by atoms with Gasteiger partial charge in [0, 0.05) is 40.0 Å². The third-order valence-corrected chi connectivity index (χ3v) is 4.83. The number of rotatable bonds is 10. The van der Waals surface area contributed by atoms with E-state index in [1.165, 1.54) is 0 Å². The number of nitrogens with one attached hydrogen (secondary N) is 1. The minimum Gasteiger partial charge on any atom is -0.468 e. The van der Waals surface area contributed by atoms with Crippen LogP contribution >= 0.6 is 24.0 Å². The number of likely N-dealkylation sites (tertiary alicyclic amines) is 1. The molecular formula is C20H37IN4O3. The Hall–Kier alpha value is -0.840. The molecule has 0 aliphatic carbocycles. The first-order chi connectivity index (χ1) is 13.2. The SMILES string of the molecule is CCNC(=NCC(c1ccco1)N(C)C)N1CCC(OCCCOC)CC1.I.